The highest BCUT2D eigenvalue weighted by Gasteiger charge is 2.11. The van der Waals surface area contributed by atoms with Crippen molar-refractivity contribution in [1.82, 2.24) is 4.98 Å². The fraction of sp³-hybridized carbons (Fsp3) is 0.0833. The van der Waals surface area contributed by atoms with Crippen molar-refractivity contribution >= 4 is 17.3 Å². The Morgan fingerprint density at radius 1 is 1.41 bits per heavy atom. The van der Waals surface area contributed by atoms with E-state index in [1.54, 1.807) is 29.6 Å². The van der Waals surface area contributed by atoms with E-state index >= 15 is 0 Å². The van der Waals surface area contributed by atoms with E-state index in [0.29, 0.717) is 17.0 Å². The van der Waals surface area contributed by atoms with Crippen LogP contribution in [0.1, 0.15) is 21.1 Å². The van der Waals surface area contributed by atoms with Crippen LogP contribution in [0.3, 0.4) is 0 Å². The molecule has 0 N–H and O–H groups in total. The quantitative estimate of drug-likeness (QED) is 0.601. The van der Waals surface area contributed by atoms with Gasteiger partial charge in [0.1, 0.15) is 5.75 Å². The molecule has 17 heavy (non-hydrogen) atoms. The first-order valence-electron chi connectivity index (χ1n) is 4.83. The zero-order chi connectivity index (χ0) is 12.3. The zero-order valence-corrected chi connectivity index (χ0v) is 9.82. The Bertz CT molecular complexity index is 581. The molecular formula is C12H8N2O2S. The summed E-state index contributed by atoms with van der Waals surface area (Å²) in [6.07, 6.45) is 0. The Morgan fingerprint density at radius 3 is 2.65 bits per heavy atom. The van der Waals surface area contributed by atoms with Crippen LogP contribution in [0, 0.1) is 18.3 Å². The summed E-state index contributed by atoms with van der Waals surface area (Å²) in [6.45, 7) is 1.82. The molecule has 5 heteroatoms. The van der Waals surface area contributed by atoms with Crippen LogP contribution in [-0.4, -0.2) is 11.0 Å². The molecule has 0 aliphatic carbocycles. The van der Waals surface area contributed by atoms with E-state index in [1.807, 2.05) is 13.0 Å². The van der Waals surface area contributed by atoms with Gasteiger partial charge in [0, 0.05) is 5.38 Å². The molecule has 2 aromatic rings. The lowest BCUT2D eigenvalue weighted by molar-refractivity contribution is 0.0729. The van der Waals surface area contributed by atoms with E-state index in [2.05, 4.69) is 4.98 Å². The van der Waals surface area contributed by atoms with Gasteiger partial charge in [-0.05, 0) is 31.2 Å². The molecule has 1 aromatic heterocycles. The van der Waals surface area contributed by atoms with Gasteiger partial charge in [0.25, 0.3) is 0 Å². The molecule has 0 amide bonds. The minimum absolute atomic E-state index is 0.303. The van der Waals surface area contributed by atoms with Gasteiger partial charge in [-0.2, -0.15) is 5.26 Å². The molecule has 0 atom stereocenters. The maximum atomic E-state index is 11.6. The van der Waals surface area contributed by atoms with E-state index in [-0.39, 0.29) is 0 Å². The second-order valence-corrected chi connectivity index (χ2v) is 4.34. The molecule has 0 aliphatic rings. The van der Waals surface area contributed by atoms with Crippen molar-refractivity contribution < 1.29 is 9.53 Å². The van der Waals surface area contributed by atoms with Crippen molar-refractivity contribution in [2.75, 3.05) is 0 Å². The molecule has 4 nitrogen and oxygen atoms in total. The largest absolute Gasteiger partial charge is 0.422 e. The van der Waals surface area contributed by atoms with Crippen LogP contribution in [0.5, 0.6) is 5.75 Å². The van der Waals surface area contributed by atoms with Crippen LogP contribution in [0.25, 0.3) is 0 Å². The Balaban J connectivity index is 2.11. The lowest BCUT2D eigenvalue weighted by Gasteiger charge is -2.01. The number of aryl methyl sites for hydroxylation is 1. The molecule has 84 valence electrons. The van der Waals surface area contributed by atoms with Crippen LogP contribution in [0.2, 0.25) is 0 Å². The topological polar surface area (TPSA) is 63.0 Å². The second-order valence-electron chi connectivity index (χ2n) is 3.28. The normalized spacial score (nSPS) is 9.65. The van der Waals surface area contributed by atoms with Gasteiger partial charge in [-0.3, -0.25) is 0 Å². The average Bonchev–Trinajstić information content (AvgIpc) is 2.77. The van der Waals surface area contributed by atoms with Crippen molar-refractivity contribution in [3.8, 4) is 11.8 Å². The summed E-state index contributed by atoms with van der Waals surface area (Å²) in [6, 6.07) is 8.33. The highest BCUT2D eigenvalue weighted by Crippen LogP contribution is 2.15. The summed E-state index contributed by atoms with van der Waals surface area (Å²) in [5.41, 5.74) is 0.825. The number of thiazole rings is 1. The van der Waals surface area contributed by atoms with Crippen molar-refractivity contribution in [3.63, 3.8) is 0 Å². The maximum absolute atomic E-state index is 11.6. The number of hydrogen-bond acceptors (Lipinski definition) is 5. The monoisotopic (exact) mass is 244 g/mol. The van der Waals surface area contributed by atoms with Gasteiger partial charge >= 0.3 is 5.97 Å². The third-order valence-corrected chi connectivity index (χ3v) is 2.80. The first-order chi connectivity index (χ1) is 8.19. The Kier molecular flexibility index (Phi) is 3.17. The van der Waals surface area contributed by atoms with Crippen LogP contribution < -0.4 is 4.74 Å². The first kappa shape index (κ1) is 11.3. The van der Waals surface area contributed by atoms with Gasteiger partial charge in [0.05, 0.1) is 16.6 Å². The number of carbonyl (C=O) groups is 1. The molecule has 0 saturated carbocycles. The Labute approximate surface area is 102 Å². The highest BCUT2D eigenvalue weighted by molar-refractivity contribution is 7.09. The summed E-state index contributed by atoms with van der Waals surface area (Å²) < 4.78 is 5.11. The number of esters is 1. The van der Waals surface area contributed by atoms with Crippen molar-refractivity contribution in [1.29, 1.82) is 5.26 Å². The zero-order valence-electron chi connectivity index (χ0n) is 9.01. The predicted molar refractivity (Wildman–Crippen MR) is 63.0 cm³/mol. The molecular weight excluding hydrogens is 236 g/mol. The molecule has 1 heterocycles. The molecule has 0 unspecified atom stereocenters. The van der Waals surface area contributed by atoms with E-state index in [9.17, 15) is 4.79 Å². The number of carbonyl (C=O) groups excluding carboxylic acids is 1. The third kappa shape index (κ3) is 2.68. The first-order valence-corrected chi connectivity index (χ1v) is 5.71. The third-order valence-electron chi connectivity index (χ3n) is 2.02. The van der Waals surface area contributed by atoms with Gasteiger partial charge in [-0.15, -0.1) is 11.3 Å². The van der Waals surface area contributed by atoms with Gasteiger partial charge in [0.15, 0.2) is 5.69 Å². The summed E-state index contributed by atoms with van der Waals surface area (Å²) in [4.78, 5) is 15.7. The minimum atomic E-state index is -0.487. The second kappa shape index (κ2) is 4.76. The summed E-state index contributed by atoms with van der Waals surface area (Å²) in [7, 11) is 0. The Morgan fingerprint density at radius 2 is 2.12 bits per heavy atom. The summed E-state index contributed by atoms with van der Waals surface area (Å²) in [5, 5.41) is 11.1. The molecule has 0 fully saturated rings. The lowest BCUT2D eigenvalue weighted by Crippen LogP contribution is -2.08. The van der Waals surface area contributed by atoms with E-state index in [4.69, 9.17) is 10.00 Å². The Hall–Kier alpha value is -2.19. The number of aromatic nitrogens is 1. The number of hydrogen-bond donors (Lipinski definition) is 0. The molecule has 0 spiro atoms. The molecule has 1 aromatic carbocycles. The molecule has 0 aliphatic heterocycles. The predicted octanol–water partition coefficient (Wildman–Crippen LogP) is 2.54. The van der Waals surface area contributed by atoms with Crippen LogP contribution in [-0.2, 0) is 0 Å². The lowest BCUT2D eigenvalue weighted by atomic mass is 10.2. The summed E-state index contributed by atoms with van der Waals surface area (Å²) in [5.74, 6) is -0.0845. The molecule has 0 saturated heterocycles. The van der Waals surface area contributed by atoms with E-state index < -0.39 is 5.97 Å². The van der Waals surface area contributed by atoms with Gasteiger partial charge in [0.2, 0.25) is 0 Å². The molecule has 0 radical (unpaired) electrons. The highest BCUT2D eigenvalue weighted by atomic mass is 32.1. The molecule has 0 bridgehead atoms. The smallest absolute Gasteiger partial charge is 0.363 e. The SMILES string of the molecule is Cc1nc(C(=O)Oc2ccc(C#N)cc2)cs1. The van der Waals surface area contributed by atoms with Gasteiger partial charge in [-0.25, -0.2) is 9.78 Å². The number of nitriles is 1. The number of nitrogens with zero attached hydrogens (tertiary/aromatic N) is 2. The number of benzene rings is 1. The van der Waals surface area contributed by atoms with E-state index in [1.165, 1.54) is 11.3 Å². The number of rotatable bonds is 2. The number of ether oxygens (including phenoxy) is 1. The molecule has 2 rings (SSSR count). The van der Waals surface area contributed by atoms with Crippen LogP contribution in [0.15, 0.2) is 29.6 Å². The fourth-order valence-electron chi connectivity index (χ4n) is 1.21. The van der Waals surface area contributed by atoms with Crippen molar-refractivity contribution in [2.45, 2.75) is 6.92 Å². The van der Waals surface area contributed by atoms with Crippen molar-refractivity contribution in [3.05, 3.63) is 45.9 Å². The standard InChI is InChI=1S/C12H8N2O2S/c1-8-14-11(7-17-8)12(15)16-10-4-2-9(6-13)3-5-10/h2-5,7H,1H3. The van der Waals surface area contributed by atoms with Crippen LogP contribution >= 0.6 is 11.3 Å². The minimum Gasteiger partial charge on any atom is -0.422 e. The van der Waals surface area contributed by atoms with Crippen LogP contribution in [0.4, 0.5) is 0 Å². The average molecular weight is 244 g/mol. The van der Waals surface area contributed by atoms with Gasteiger partial charge < -0.3 is 4.74 Å². The maximum Gasteiger partial charge on any atom is 0.363 e. The van der Waals surface area contributed by atoms with Gasteiger partial charge in [-0.1, -0.05) is 0 Å². The fourth-order valence-corrected chi connectivity index (χ4v) is 1.80. The summed E-state index contributed by atoms with van der Waals surface area (Å²) >= 11 is 1.39. The van der Waals surface area contributed by atoms with E-state index in [0.717, 1.165) is 5.01 Å². The van der Waals surface area contributed by atoms with Crippen molar-refractivity contribution in [2.24, 2.45) is 0 Å².